The van der Waals surface area contributed by atoms with E-state index in [2.05, 4.69) is 22.8 Å². The van der Waals surface area contributed by atoms with Crippen LogP contribution in [0.25, 0.3) is 0 Å². The van der Waals surface area contributed by atoms with E-state index in [0.717, 1.165) is 40.6 Å². The van der Waals surface area contributed by atoms with Gasteiger partial charge in [0.15, 0.2) is 0 Å². The van der Waals surface area contributed by atoms with Gasteiger partial charge in [0.2, 0.25) is 5.91 Å². The van der Waals surface area contributed by atoms with Gasteiger partial charge >= 0.3 is 0 Å². The molecule has 2 aromatic rings. The highest BCUT2D eigenvalue weighted by Gasteiger charge is 2.37. The Morgan fingerprint density at radius 3 is 2.68 bits per heavy atom. The van der Waals surface area contributed by atoms with E-state index in [-0.39, 0.29) is 11.6 Å². The Hall–Kier alpha value is -2.47. The van der Waals surface area contributed by atoms with Crippen LogP contribution in [0.15, 0.2) is 53.5 Å². The Morgan fingerprint density at radius 1 is 1.18 bits per heavy atom. The lowest BCUT2D eigenvalue weighted by molar-refractivity contribution is -0.113. The molecule has 1 spiro atoms. The number of carbonyl (C=O) groups excluding carboxylic acids is 1. The quantitative estimate of drug-likeness (QED) is 0.756. The average Bonchev–Trinajstić information content (AvgIpc) is 3.15. The molecule has 2 N–H and O–H groups in total. The standard InChI is InChI=1S/C22H25N3O2S/c1-2-27-17-11-9-16(10-12-17)23-20(26)15-28-21-18-7-3-4-8-19(18)24-22(25-21)13-5-6-14-22/h3-4,7-12,24H,2,5-6,13-15H2,1H3,(H,23,26). The number of benzene rings is 2. The first-order chi connectivity index (χ1) is 13.7. The van der Waals surface area contributed by atoms with Crippen molar-refractivity contribution < 1.29 is 9.53 Å². The normalized spacial score (nSPS) is 16.8. The first kappa shape index (κ1) is 18.9. The maximum Gasteiger partial charge on any atom is 0.234 e. The summed E-state index contributed by atoms with van der Waals surface area (Å²) in [6, 6.07) is 15.7. The number of hydrogen-bond acceptors (Lipinski definition) is 5. The van der Waals surface area contributed by atoms with Gasteiger partial charge in [-0.15, -0.1) is 0 Å². The van der Waals surface area contributed by atoms with Crippen molar-refractivity contribution in [2.75, 3.05) is 23.0 Å². The highest BCUT2D eigenvalue weighted by Crippen LogP contribution is 2.40. The number of rotatable bonds is 5. The molecule has 2 aromatic carbocycles. The molecular weight excluding hydrogens is 370 g/mol. The topological polar surface area (TPSA) is 62.7 Å². The molecule has 146 valence electrons. The summed E-state index contributed by atoms with van der Waals surface area (Å²) in [4.78, 5) is 17.5. The highest BCUT2D eigenvalue weighted by molar-refractivity contribution is 8.15. The molecule has 0 bridgehead atoms. The fourth-order valence-electron chi connectivity index (χ4n) is 3.75. The van der Waals surface area contributed by atoms with Crippen molar-refractivity contribution in [1.82, 2.24) is 0 Å². The van der Waals surface area contributed by atoms with E-state index in [4.69, 9.17) is 9.73 Å². The SMILES string of the molecule is CCOc1ccc(NC(=O)CSC2=NC3(CCCC3)Nc3ccccc32)cc1. The minimum atomic E-state index is -0.192. The predicted molar refractivity (Wildman–Crippen MR) is 116 cm³/mol. The zero-order valence-electron chi connectivity index (χ0n) is 16.0. The van der Waals surface area contributed by atoms with E-state index in [0.29, 0.717) is 12.4 Å². The van der Waals surface area contributed by atoms with Crippen LogP contribution in [0.2, 0.25) is 0 Å². The summed E-state index contributed by atoms with van der Waals surface area (Å²) in [6.07, 6.45) is 4.47. The molecule has 5 nitrogen and oxygen atoms in total. The number of nitrogens with zero attached hydrogens (tertiary/aromatic N) is 1. The molecule has 1 saturated carbocycles. The van der Waals surface area contributed by atoms with Crippen molar-refractivity contribution >= 4 is 34.1 Å². The number of aliphatic imine (C=N–C) groups is 1. The number of anilines is 2. The number of hydrogen-bond donors (Lipinski definition) is 2. The third kappa shape index (κ3) is 4.17. The number of carbonyl (C=O) groups is 1. The van der Waals surface area contributed by atoms with Gasteiger partial charge in [0, 0.05) is 16.9 Å². The second-order valence-electron chi connectivity index (χ2n) is 7.12. The fourth-order valence-corrected chi connectivity index (χ4v) is 4.66. The lowest BCUT2D eigenvalue weighted by Crippen LogP contribution is -2.37. The molecule has 0 unspecified atom stereocenters. The first-order valence-corrected chi connectivity index (χ1v) is 10.8. The van der Waals surface area contributed by atoms with Crippen LogP contribution in [0.1, 0.15) is 38.2 Å². The van der Waals surface area contributed by atoms with E-state index in [9.17, 15) is 4.79 Å². The van der Waals surface area contributed by atoms with Gasteiger partial charge in [-0.3, -0.25) is 4.79 Å². The second-order valence-corrected chi connectivity index (χ2v) is 8.08. The van der Waals surface area contributed by atoms with Crippen molar-refractivity contribution in [1.29, 1.82) is 0 Å². The Morgan fingerprint density at radius 2 is 1.93 bits per heavy atom. The van der Waals surface area contributed by atoms with Crippen LogP contribution in [-0.4, -0.2) is 29.0 Å². The summed E-state index contributed by atoms with van der Waals surface area (Å²) >= 11 is 1.51. The minimum absolute atomic E-state index is 0.0339. The molecule has 1 heterocycles. The summed E-state index contributed by atoms with van der Waals surface area (Å²) < 4.78 is 5.43. The Kier molecular flexibility index (Phi) is 5.57. The van der Waals surface area contributed by atoms with Crippen molar-refractivity contribution in [3.8, 4) is 5.75 Å². The molecule has 0 saturated heterocycles. The average molecular weight is 396 g/mol. The molecule has 6 heteroatoms. The minimum Gasteiger partial charge on any atom is -0.494 e. The third-order valence-corrected chi connectivity index (χ3v) is 6.05. The number of thioether (sulfide) groups is 1. The van der Waals surface area contributed by atoms with Crippen LogP contribution >= 0.6 is 11.8 Å². The largest absolute Gasteiger partial charge is 0.494 e. The molecule has 0 aromatic heterocycles. The first-order valence-electron chi connectivity index (χ1n) is 9.80. The van der Waals surface area contributed by atoms with Crippen molar-refractivity contribution in [3.63, 3.8) is 0 Å². The van der Waals surface area contributed by atoms with Gasteiger partial charge in [0.25, 0.3) is 0 Å². The number of nitrogens with one attached hydrogen (secondary N) is 2. The van der Waals surface area contributed by atoms with Gasteiger partial charge < -0.3 is 15.4 Å². The van der Waals surface area contributed by atoms with Gasteiger partial charge in [0.05, 0.1) is 12.4 Å². The van der Waals surface area contributed by atoms with Gasteiger partial charge in [-0.05, 0) is 62.9 Å². The summed E-state index contributed by atoms with van der Waals surface area (Å²) in [6.45, 7) is 2.58. The summed E-state index contributed by atoms with van der Waals surface area (Å²) in [5.41, 5.74) is 2.78. The molecule has 4 rings (SSSR count). The van der Waals surface area contributed by atoms with E-state index < -0.39 is 0 Å². The van der Waals surface area contributed by atoms with Crippen LogP contribution in [0, 0.1) is 0 Å². The van der Waals surface area contributed by atoms with Gasteiger partial charge in [-0.1, -0.05) is 30.0 Å². The van der Waals surface area contributed by atoms with E-state index in [1.54, 1.807) is 0 Å². The third-order valence-electron chi connectivity index (χ3n) is 5.06. The van der Waals surface area contributed by atoms with Crippen LogP contribution in [0.3, 0.4) is 0 Å². The zero-order chi connectivity index (χ0) is 19.4. The van der Waals surface area contributed by atoms with Crippen LogP contribution in [-0.2, 0) is 4.79 Å². The summed E-state index contributed by atoms with van der Waals surface area (Å²) in [5.74, 6) is 1.10. The number of para-hydroxylation sites is 1. The molecule has 1 fully saturated rings. The lowest BCUT2D eigenvalue weighted by atomic mass is 10.0. The van der Waals surface area contributed by atoms with Crippen LogP contribution in [0.4, 0.5) is 11.4 Å². The molecule has 28 heavy (non-hydrogen) atoms. The number of ether oxygens (including phenoxy) is 1. The van der Waals surface area contributed by atoms with Gasteiger partial charge in [0.1, 0.15) is 16.5 Å². The summed E-state index contributed by atoms with van der Waals surface area (Å²) in [7, 11) is 0. The Bertz CT molecular complexity index is 874. The Labute approximate surface area is 170 Å². The number of fused-ring (bicyclic) bond motifs is 1. The monoisotopic (exact) mass is 395 g/mol. The fraction of sp³-hybridized carbons (Fsp3) is 0.364. The molecule has 1 aliphatic heterocycles. The maximum atomic E-state index is 12.5. The van der Waals surface area contributed by atoms with Gasteiger partial charge in [-0.2, -0.15) is 0 Å². The molecule has 1 aliphatic carbocycles. The van der Waals surface area contributed by atoms with E-state index >= 15 is 0 Å². The maximum absolute atomic E-state index is 12.5. The number of amides is 1. The lowest BCUT2D eigenvalue weighted by Gasteiger charge is -2.33. The molecule has 1 amide bonds. The van der Waals surface area contributed by atoms with E-state index in [1.165, 1.54) is 24.6 Å². The molecule has 0 atom stereocenters. The molecule has 2 aliphatic rings. The van der Waals surface area contributed by atoms with E-state index in [1.807, 2.05) is 43.3 Å². The van der Waals surface area contributed by atoms with Crippen molar-refractivity contribution in [2.24, 2.45) is 4.99 Å². The molecule has 0 radical (unpaired) electrons. The van der Waals surface area contributed by atoms with Crippen LogP contribution in [0.5, 0.6) is 5.75 Å². The van der Waals surface area contributed by atoms with Crippen molar-refractivity contribution in [2.45, 2.75) is 38.3 Å². The summed E-state index contributed by atoms with van der Waals surface area (Å²) in [5, 5.41) is 7.54. The molecular formula is C22H25N3O2S. The second kappa shape index (κ2) is 8.27. The van der Waals surface area contributed by atoms with Crippen molar-refractivity contribution in [3.05, 3.63) is 54.1 Å². The zero-order valence-corrected chi connectivity index (χ0v) is 16.8. The highest BCUT2D eigenvalue weighted by atomic mass is 32.2. The Balaban J connectivity index is 1.42. The smallest absolute Gasteiger partial charge is 0.234 e. The predicted octanol–water partition coefficient (Wildman–Crippen LogP) is 4.90. The van der Waals surface area contributed by atoms with Gasteiger partial charge in [-0.25, -0.2) is 4.99 Å². The van der Waals surface area contributed by atoms with Crippen LogP contribution < -0.4 is 15.4 Å².